The number of ether oxygens (including phenoxy) is 1. The maximum absolute atomic E-state index is 11.2. The Hall–Kier alpha value is -1.55. The number of rotatable bonds is 5. The van der Waals surface area contributed by atoms with Gasteiger partial charge in [-0.05, 0) is 49.9 Å². The molecule has 0 aliphatic heterocycles. The number of aliphatic hydroxyl groups is 1. The molecule has 0 saturated carbocycles. The topological polar surface area (TPSA) is 58.6 Å². The second-order valence-electron chi connectivity index (χ2n) is 4.47. The minimum absolute atomic E-state index is 0.349. The summed E-state index contributed by atoms with van der Waals surface area (Å²) in [4.78, 5) is 11.2. The van der Waals surface area contributed by atoms with Gasteiger partial charge >= 0.3 is 0 Å². The molecule has 1 unspecified atom stereocenters. The Morgan fingerprint density at radius 3 is 2.56 bits per heavy atom. The molecule has 2 N–H and O–H groups in total. The highest BCUT2D eigenvalue weighted by atomic mass is 16.5. The number of benzene rings is 1. The molecule has 1 rings (SSSR count). The molecule has 0 spiro atoms. The molecule has 0 bridgehead atoms. The Bertz CT molecular complexity index is 427. The van der Waals surface area contributed by atoms with Crippen LogP contribution in [0, 0.1) is 13.8 Å². The molecule has 0 aliphatic rings. The molecule has 0 aromatic heterocycles. The third-order valence-corrected chi connectivity index (χ3v) is 2.97. The van der Waals surface area contributed by atoms with Crippen LogP contribution in [0.4, 0.5) is 0 Å². The maximum Gasteiger partial charge on any atom is 0.248 e. The van der Waals surface area contributed by atoms with E-state index >= 15 is 0 Å². The van der Waals surface area contributed by atoms with Gasteiger partial charge in [0.2, 0.25) is 5.91 Å². The molecule has 4 nitrogen and oxygen atoms in total. The monoisotopic (exact) mass is 251 g/mol. The van der Waals surface area contributed by atoms with Gasteiger partial charge in [-0.25, -0.2) is 0 Å². The van der Waals surface area contributed by atoms with Crippen molar-refractivity contribution in [2.24, 2.45) is 0 Å². The van der Waals surface area contributed by atoms with E-state index < -0.39 is 6.10 Å². The average Bonchev–Trinajstić information content (AvgIpc) is 2.32. The summed E-state index contributed by atoms with van der Waals surface area (Å²) in [6.07, 6.45) is -0.283. The number of methoxy groups -OCH3 is 1. The zero-order valence-corrected chi connectivity index (χ0v) is 11.4. The van der Waals surface area contributed by atoms with Crippen molar-refractivity contribution in [2.75, 3.05) is 13.7 Å². The second-order valence-corrected chi connectivity index (χ2v) is 4.47. The van der Waals surface area contributed by atoms with Gasteiger partial charge in [0.25, 0.3) is 0 Å². The average molecular weight is 251 g/mol. The number of nitrogens with one attached hydrogen (secondary N) is 1. The summed E-state index contributed by atoms with van der Waals surface area (Å²) in [5.41, 5.74) is 3.45. The van der Waals surface area contributed by atoms with Crippen LogP contribution in [0.15, 0.2) is 12.1 Å². The van der Waals surface area contributed by atoms with Gasteiger partial charge in [0.05, 0.1) is 7.11 Å². The lowest BCUT2D eigenvalue weighted by Gasteiger charge is -2.12. The first-order chi connectivity index (χ1) is 8.45. The third kappa shape index (κ3) is 3.74. The Balaban J connectivity index is 2.67. The van der Waals surface area contributed by atoms with Crippen LogP contribution < -0.4 is 10.1 Å². The standard InChI is InChI=1S/C14H21NO3/c1-9-7-12(13(18-4)8-10(9)2)5-6-15-14(17)11(3)16/h7-8,11,16H,5-6H2,1-4H3,(H,15,17). The number of hydrogen-bond donors (Lipinski definition) is 2. The number of aryl methyl sites for hydroxylation is 2. The maximum atomic E-state index is 11.2. The Labute approximate surface area is 108 Å². The first-order valence-electron chi connectivity index (χ1n) is 6.05. The summed E-state index contributed by atoms with van der Waals surface area (Å²) in [5, 5.41) is 11.7. The minimum atomic E-state index is -0.966. The second kappa shape index (κ2) is 6.40. The number of carbonyl (C=O) groups is 1. The van der Waals surface area contributed by atoms with Crippen molar-refractivity contribution in [2.45, 2.75) is 33.3 Å². The molecule has 0 radical (unpaired) electrons. The molecular weight excluding hydrogens is 230 g/mol. The van der Waals surface area contributed by atoms with Crippen LogP contribution in [-0.4, -0.2) is 30.8 Å². The highest BCUT2D eigenvalue weighted by molar-refractivity contribution is 5.79. The summed E-state index contributed by atoms with van der Waals surface area (Å²) in [5.74, 6) is 0.488. The minimum Gasteiger partial charge on any atom is -0.496 e. The predicted octanol–water partition coefficient (Wildman–Crippen LogP) is 1.35. The molecular formula is C14H21NO3. The van der Waals surface area contributed by atoms with Crippen molar-refractivity contribution in [1.29, 1.82) is 0 Å². The summed E-state index contributed by atoms with van der Waals surface area (Å²) in [6.45, 7) is 6.03. The van der Waals surface area contributed by atoms with E-state index in [2.05, 4.69) is 11.4 Å². The van der Waals surface area contributed by atoms with Crippen LogP contribution >= 0.6 is 0 Å². The van der Waals surface area contributed by atoms with E-state index in [9.17, 15) is 4.79 Å². The van der Waals surface area contributed by atoms with Gasteiger partial charge in [-0.2, -0.15) is 0 Å². The van der Waals surface area contributed by atoms with Crippen LogP contribution in [-0.2, 0) is 11.2 Å². The van der Waals surface area contributed by atoms with E-state index in [1.807, 2.05) is 19.9 Å². The summed E-state index contributed by atoms with van der Waals surface area (Å²) in [7, 11) is 1.64. The fraction of sp³-hybridized carbons (Fsp3) is 0.500. The molecule has 1 atom stereocenters. The quantitative estimate of drug-likeness (QED) is 0.830. The molecule has 0 aliphatic carbocycles. The van der Waals surface area contributed by atoms with Crippen molar-refractivity contribution in [1.82, 2.24) is 5.32 Å². The third-order valence-electron chi connectivity index (χ3n) is 2.97. The van der Waals surface area contributed by atoms with Crippen LogP contribution in [0.2, 0.25) is 0 Å². The smallest absolute Gasteiger partial charge is 0.248 e. The van der Waals surface area contributed by atoms with Crippen LogP contribution in [0.5, 0.6) is 5.75 Å². The zero-order chi connectivity index (χ0) is 13.7. The lowest BCUT2D eigenvalue weighted by Crippen LogP contribution is -2.33. The SMILES string of the molecule is COc1cc(C)c(C)cc1CCNC(=O)C(C)O. The molecule has 100 valence electrons. The van der Waals surface area contributed by atoms with Crippen molar-refractivity contribution >= 4 is 5.91 Å². The zero-order valence-electron chi connectivity index (χ0n) is 11.4. The molecule has 1 amide bonds. The van der Waals surface area contributed by atoms with E-state index in [1.54, 1.807) is 7.11 Å². The lowest BCUT2D eigenvalue weighted by atomic mass is 10.0. The number of aliphatic hydroxyl groups excluding tert-OH is 1. The fourth-order valence-electron chi connectivity index (χ4n) is 1.70. The van der Waals surface area contributed by atoms with Crippen LogP contribution in [0.1, 0.15) is 23.6 Å². The van der Waals surface area contributed by atoms with E-state index in [4.69, 9.17) is 9.84 Å². The molecule has 0 saturated heterocycles. The van der Waals surface area contributed by atoms with Gasteiger partial charge in [0, 0.05) is 6.54 Å². The summed E-state index contributed by atoms with van der Waals surface area (Å²) >= 11 is 0. The normalized spacial score (nSPS) is 12.1. The van der Waals surface area contributed by atoms with Crippen molar-refractivity contribution in [3.8, 4) is 5.75 Å². The highest BCUT2D eigenvalue weighted by Crippen LogP contribution is 2.23. The van der Waals surface area contributed by atoms with Gasteiger partial charge in [0.1, 0.15) is 11.9 Å². The molecule has 0 fully saturated rings. The van der Waals surface area contributed by atoms with E-state index in [-0.39, 0.29) is 5.91 Å². The molecule has 0 heterocycles. The van der Waals surface area contributed by atoms with Gasteiger partial charge in [-0.3, -0.25) is 4.79 Å². The molecule has 1 aromatic rings. The van der Waals surface area contributed by atoms with E-state index in [0.29, 0.717) is 13.0 Å². The highest BCUT2D eigenvalue weighted by Gasteiger charge is 2.09. The van der Waals surface area contributed by atoms with Crippen LogP contribution in [0.25, 0.3) is 0 Å². The van der Waals surface area contributed by atoms with Crippen molar-refractivity contribution < 1.29 is 14.6 Å². The Morgan fingerprint density at radius 1 is 1.39 bits per heavy atom. The van der Waals surface area contributed by atoms with Gasteiger partial charge in [-0.15, -0.1) is 0 Å². The Morgan fingerprint density at radius 2 is 2.00 bits per heavy atom. The summed E-state index contributed by atoms with van der Waals surface area (Å²) < 4.78 is 5.32. The molecule has 18 heavy (non-hydrogen) atoms. The number of carbonyl (C=O) groups excluding carboxylic acids is 1. The Kier molecular flexibility index (Phi) is 5.16. The van der Waals surface area contributed by atoms with Crippen molar-refractivity contribution in [3.05, 3.63) is 28.8 Å². The number of amides is 1. The van der Waals surface area contributed by atoms with E-state index in [0.717, 1.165) is 11.3 Å². The molecule has 4 heteroatoms. The largest absolute Gasteiger partial charge is 0.496 e. The fourth-order valence-corrected chi connectivity index (χ4v) is 1.70. The first-order valence-corrected chi connectivity index (χ1v) is 6.05. The predicted molar refractivity (Wildman–Crippen MR) is 70.9 cm³/mol. The van der Waals surface area contributed by atoms with Crippen molar-refractivity contribution in [3.63, 3.8) is 0 Å². The lowest BCUT2D eigenvalue weighted by molar-refractivity contribution is -0.128. The summed E-state index contributed by atoms with van der Waals surface area (Å²) in [6, 6.07) is 4.07. The van der Waals surface area contributed by atoms with Gasteiger partial charge in [0.15, 0.2) is 0 Å². The van der Waals surface area contributed by atoms with Gasteiger partial charge in [-0.1, -0.05) is 6.07 Å². The first kappa shape index (κ1) is 14.5. The van der Waals surface area contributed by atoms with Gasteiger partial charge < -0.3 is 15.2 Å². The number of hydrogen-bond acceptors (Lipinski definition) is 3. The molecule has 1 aromatic carbocycles. The van der Waals surface area contributed by atoms with Crippen LogP contribution in [0.3, 0.4) is 0 Å². The van der Waals surface area contributed by atoms with E-state index in [1.165, 1.54) is 18.1 Å².